The van der Waals surface area contributed by atoms with Crippen molar-refractivity contribution in [2.75, 3.05) is 13.1 Å². The van der Waals surface area contributed by atoms with Gasteiger partial charge in [0.05, 0.1) is 17.2 Å². The molecule has 3 rings (SSSR count). The van der Waals surface area contributed by atoms with Crippen LogP contribution >= 0.6 is 0 Å². The van der Waals surface area contributed by atoms with Crippen LogP contribution < -0.4 is 0 Å². The van der Waals surface area contributed by atoms with E-state index in [2.05, 4.69) is 16.4 Å². The van der Waals surface area contributed by atoms with E-state index in [4.69, 9.17) is 0 Å². The fourth-order valence-corrected chi connectivity index (χ4v) is 3.15. The van der Waals surface area contributed by atoms with Crippen LogP contribution in [-0.4, -0.2) is 33.6 Å². The van der Waals surface area contributed by atoms with Gasteiger partial charge < -0.3 is 9.67 Å². The van der Waals surface area contributed by atoms with Gasteiger partial charge >= 0.3 is 5.97 Å². The smallest absolute Gasteiger partial charge is 0.337 e. The van der Waals surface area contributed by atoms with Gasteiger partial charge in [0.2, 0.25) is 0 Å². The lowest BCUT2D eigenvalue weighted by Gasteiger charge is -2.33. The second kappa shape index (κ2) is 5.29. The summed E-state index contributed by atoms with van der Waals surface area (Å²) in [5.41, 5.74) is 1.40. The van der Waals surface area contributed by atoms with E-state index in [1.165, 1.54) is 19.3 Å². The molecule has 1 aromatic heterocycles. The van der Waals surface area contributed by atoms with Crippen molar-refractivity contribution in [3.63, 3.8) is 0 Å². The van der Waals surface area contributed by atoms with E-state index in [1.807, 2.05) is 24.3 Å². The SMILES string of the molecule is CC(N1CCCCC1)n1cc(C(=O)O)c2ccccc21. The van der Waals surface area contributed by atoms with Crippen LogP contribution in [0, 0.1) is 0 Å². The molecule has 4 nitrogen and oxygen atoms in total. The van der Waals surface area contributed by atoms with Gasteiger partial charge in [0.15, 0.2) is 0 Å². The maximum atomic E-state index is 11.4. The van der Waals surface area contributed by atoms with E-state index in [1.54, 1.807) is 6.20 Å². The van der Waals surface area contributed by atoms with Crippen molar-refractivity contribution in [2.45, 2.75) is 32.4 Å². The molecule has 0 bridgehead atoms. The molecule has 0 aliphatic carbocycles. The molecule has 4 heteroatoms. The Labute approximate surface area is 118 Å². The first-order valence-corrected chi connectivity index (χ1v) is 7.25. The molecule has 2 aromatic rings. The fraction of sp³-hybridized carbons (Fsp3) is 0.438. The van der Waals surface area contributed by atoms with Crippen LogP contribution in [-0.2, 0) is 0 Å². The van der Waals surface area contributed by atoms with Crippen molar-refractivity contribution in [3.05, 3.63) is 36.0 Å². The van der Waals surface area contributed by atoms with Gasteiger partial charge in [-0.3, -0.25) is 4.90 Å². The summed E-state index contributed by atoms with van der Waals surface area (Å²) in [5, 5.41) is 10.2. The molecule has 106 valence electrons. The third kappa shape index (κ3) is 2.20. The van der Waals surface area contributed by atoms with Crippen LogP contribution in [0.3, 0.4) is 0 Å². The second-order valence-corrected chi connectivity index (χ2v) is 5.50. The molecule has 2 heterocycles. The predicted octanol–water partition coefficient (Wildman–Crippen LogP) is 3.34. The average molecular weight is 272 g/mol. The van der Waals surface area contributed by atoms with Crippen molar-refractivity contribution in [2.24, 2.45) is 0 Å². The monoisotopic (exact) mass is 272 g/mol. The first-order chi connectivity index (χ1) is 9.68. The van der Waals surface area contributed by atoms with Crippen molar-refractivity contribution in [3.8, 4) is 0 Å². The lowest BCUT2D eigenvalue weighted by atomic mass is 10.1. The third-order valence-electron chi connectivity index (χ3n) is 4.29. The van der Waals surface area contributed by atoms with Gasteiger partial charge in [0.1, 0.15) is 0 Å². The third-order valence-corrected chi connectivity index (χ3v) is 4.29. The van der Waals surface area contributed by atoms with Crippen LogP contribution in [0.5, 0.6) is 0 Å². The lowest BCUT2D eigenvalue weighted by Crippen LogP contribution is -2.35. The summed E-state index contributed by atoms with van der Waals surface area (Å²) in [5.74, 6) is -0.856. The number of hydrogen-bond acceptors (Lipinski definition) is 2. The van der Waals surface area contributed by atoms with Crippen LogP contribution in [0.2, 0.25) is 0 Å². The number of piperidine rings is 1. The molecule has 0 saturated carbocycles. The Balaban J connectivity index is 2.04. The standard InChI is InChI=1S/C16H20N2O2/c1-12(17-9-5-2-6-10-17)18-11-14(16(19)20)13-7-3-4-8-15(13)18/h3-4,7-8,11-12H,2,5-6,9-10H2,1H3,(H,19,20). The normalized spacial score (nSPS) is 18.2. The number of likely N-dealkylation sites (tertiary alicyclic amines) is 1. The van der Waals surface area contributed by atoms with Gasteiger partial charge in [-0.2, -0.15) is 0 Å². The Morgan fingerprint density at radius 1 is 1.20 bits per heavy atom. The van der Waals surface area contributed by atoms with E-state index in [-0.39, 0.29) is 6.17 Å². The molecular formula is C16H20N2O2. The number of aromatic nitrogens is 1. The van der Waals surface area contributed by atoms with Gasteiger partial charge in [-0.25, -0.2) is 4.79 Å². The number of carboxylic acids is 1. The number of aromatic carboxylic acids is 1. The number of para-hydroxylation sites is 1. The average Bonchev–Trinajstić information content (AvgIpc) is 2.87. The molecule has 20 heavy (non-hydrogen) atoms. The minimum absolute atomic E-state index is 0.202. The van der Waals surface area contributed by atoms with Crippen molar-refractivity contribution < 1.29 is 9.90 Å². The molecule has 0 amide bonds. The van der Waals surface area contributed by atoms with Crippen molar-refractivity contribution in [1.82, 2.24) is 9.47 Å². The number of benzene rings is 1. The summed E-state index contributed by atoms with van der Waals surface area (Å²) >= 11 is 0. The number of fused-ring (bicyclic) bond motifs is 1. The van der Waals surface area contributed by atoms with E-state index < -0.39 is 5.97 Å². The molecule has 0 spiro atoms. The van der Waals surface area contributed by atoms with Crippen LogP contribution in [0.15, 0.2) is 30.5 Å². The quantitative estimate of drug-likeness (QED) is 0.932. The van der Waals surface area contributed by atoms with Gasteiger partial charge in [-0.05, 0) is 25.8 Å². The summed E-state index contributed by atoms with van der Waals surface area (Å²) in [6.45, 7) is 4.34. The molecule has 1 N–H and O–H groups in total. The fourth-order valence-electron chi connectivity index (χ4n) is 3.15. The highest BCUT2D eigenvalue weighted by atomic mass is 16.4. The van der Waals surface area contributed by atoms with Gasteiger partial charge in [0, 0.05) is 24.7 Å². The van der Waals surface area contributed by atoms with Crippen LogP contribution in [0.1, 0.15) is 42.7 Å². The minimum Gasteiger partial charge on any atom is -0.478 e. The zero-order valence-corrected chi connectivity index (χ0v) is 11.7. The minimum atomic E-state index is -0.856. The topological polar surface area (TPSA) is 45.5 Å². The largest absolute Gasteiger partial charge is 0.478 e. The maximum absolute atomic E-state index is 11.4. The molecule has 1 unspecified atom stereocenters. The van der Waals surface area contributed by atoms with Crippen LogP contribution in [0.25, 0.3) is 10.9 Å². The van der Waals surface area contributed by atoms with Gasteiger partial charge in [0.25, 0.3) is 0 Å². The first kappa shape index (κ1) is 13.2. The zero-order valence-electron chi connectivity index (χ0n) is 11.7. The van der Waals surface area contributed by atoms with Crippen molar-refractivity contribution >= 4 is 16.9 Å². The van der Waals surface area contributed by atoms with Gasteiger partial charge in [-0.15, -0.1) is 0 Å². The highest BCUT2D eigenvalue weighted by Crippen LogP contribution is 2.27. The lowest BCUT2D eigenvalue weighted by molar-refractivity contribution is 0.0698. The molecular weight excluding hydrogens is 252 g/mol. The Kier molecular flexibility index (Phi) is 3.49. The molecule has 1 atom stereocenters. The van der Waals surface area contributed by atoms with E-state index in [0.717, 1.165) is 24.0 Å². The Morgan fingerprint density at radius 2 is 1.90 bits per heavy atom. The summed E-state index contributed by atoms with van der Waals surface area (Å²) in [6, 6.07) is 7.75. The summed E-state index contributed by atoms with van der Waals surface area (Å²) < 4.78 is 2.10. The van der Waals surface area contributed by atoms with E-state index >= 15 is 0 Å². The Hall–Kier alpha value is -1.81. The molecule has 1 fully saturated rings. The zero-order chi connectivity index (χ0) is 14.1. The van der Waals surface area contributed by atoms with E-state index in [0.29, 0.717) is 5.56 Å². The molecule has 1 aromatic carbocycles. The maximum Gasteiger partial charge on any atom is 0.337 e. The van der Waals surface area contributed by atoms with Gasteiger partial charge in [-0.1, -0.05) is 24.6 Å². The predicted molar refractivity (Wildman–Crippen MR) is 79.0 cm³/mol. The number of hydrogen-bond donors (Lipinski definition) is 1. The molecule has 0 radical (unpaired) electrons. The molecule has 1 saturated heterocycles. The summed E-state index contributed by atoms with van der Waals surface area (Å²) in [7, 11) is 0. The highest BCUT2D eigenvalue weighted by Gasteiger charge is 2.22. The number of rotatable bonds is 3. The second-order valence-electron chi connectivity index (χ2n) is 5.50. The summed E-state index contributed by atoms with van der Waals surface area (Å²) in [4.78, 5) is 13.8. The van der Waals surface area contributed by atoms with Crippen molar-refractivity contribution in [1.29, 1.82) is 0 Å². The van der Waals surface area contributed by atoms with E-state index in [9.17, 15) is 9.90 Å². The summed E-state index contributed by atoms with van der Waals surface area (Å²) in [6.07, 6.45) is 5.75. The highest BCUT2D eigenvalue weighted by molar-refractivity contribution is 6.03. The molecule has 1 aliphatic rings. The molecule has 1 aliphatic heterocycles. The number of carboxylic acid groups (broad SMARTS) is 1. The number of carbonyl (C=O) groups is 1. The van der Waals surface area contributed by atoms with Crippen LogP contribution in [0.4, 0.5) is 0 Å². The first-order valence-electron chi connectivity index (χ1n) is 7.25. The Morgan fingerprint density at radius 3 is 2.60 bits per heavy atom. The Bertz CT molecular complexity index is 626. The number of nitrogens with zero attached hydrogens (tertiary/aromatic N) is 2.